The molecule has 0 saturated carbocycles. The average Bonchev–Trinajstić information content (AvgIpc) is 2.66. The van der Waals surface area contributed by atoms with Gasteiger partial charge in [-0.1, -0.05) is 24.3 Å². The Kier molecular flexibility index (Phi) is 7.68. The van der Waals surface area contributed by atoms with Crippen LogP contribution in [-0.2, 0) is 21.4 Å². The Labute approximate surface area is 169 Å². The summed E-state index contributed by atoms with van der Waals surface area (Å²) in [6, 6.07) is 12.3. The summed E-state index contributed by atoms with van der Waals surface area (Å²) >= 11 is 0. The predicted octanol–water partition coefficient (Wildman–Crippen LogP) is 2.40. The quantitative estimate of drug-likeness (QED) is 0.400. The van der Waals surface area contributed by atoms with E-state index in [2.05, 4.69) is 15.4 Å². The van der Waals surface area contributed by atoms with Gasteiger partial charge in [-0.2, -0.15) is 0 Å². The lowest BCUT2D eigenvalue weighted by Gasteiger charge is -2.11. The van der Waals surface area contributed by atoms with Crippen molar-refractivity contribution in [2.45, 2.75) is 37.8 Å². The number of para-hydroxylation sites is 2. The molecule has 9 nitrogen and oxygen atoms in total. The second-order valence-corrected chi connectivity index (χ2v) is 8.37. The molecular formula is C19H24N4O5S. The molecule has 0 aliphatic rings. The molecule has 0 fully saturated rings. The number of carbonyl (C=O) groups is 1. The summed E-state index contributed by atoms with van der Waals surface area (Å²) < 4.78 is 27.0. The van der Waals surface area contributed by atoms with Crippen LogP contribution < -0.4 is 15.4 Å². The molecule has 0 spiro atoms. The minimum Gasteiger partial charge on any atom is -0.379 e. The van der Waals surface area contributed by atoms with Crippen molar-refractivity contribution in [2.75, 3.05) is 11.9 Å². The molecule has 0 unspecified atom stereocenters. The molecule has 0 aromatic heterocycles. The Morgan fingerprint density at radius 1 is 1.14 bits per heavy atom. The van der Waals surface area contributed by atoms with E-state index in [0.717, 1.165) is 0 Å². The van der Waals surface area contributed by atoms with Crippen LogP contribution in [0.15, 0.2) is 53.4 Å². The summed E-state index contributed by atoms with van der Waals surface area (Å²) in [5.41, 5.74) is 0.943. The lowest BCUT2D eigenvalue weighted by molar-refractivity contribution is -0.384. The van der Waals surface area contributed by atoms with Gasteiger partial charge in [-0.15, -0.1) is 0 Å². The predicted molar refractivity (Wildman–Crippen MR) is 110 cm³/mol. The standard InChI is InChI=1S/C19H24N4O5S/c1-14(2)22-29(27,28)16-7-5-6-15(12-16)13-21-19(24)10-11-20-17-8-3-4-9-18(17)23(25)26/h3-9,12,14,20,22H,10-11,13H2,1-2H3,(H,21,24). The molecule has 0 saturated heterocycles. The minimum atomic E-state index is -3.60. The number of nitro benzene ring substituents is 1. The van der Waals surface area contributed by atoms with Crippen molar-refractivity contribution in [2.24, 2.45) is 0 Å². The SMILES string of the molecule is CC(C)NS(=O)(=O)c1cccc(CNC(=O)CCNc2ccccc2[N+](=O)[O-])c1. The maximum atomic E-state index is 12.2. The van der Waals surface area contributed by atoms with Crippen molar-refractivity contribution in [1.29, 1.82) is 0 Å². The highest BCUT2D eigenvalue weighted by atomic mass is 32.2. The van der Waals surface area contributed by atoms with Gasteiger partial charge >= 0.3 is 0 Å². The van der Waals surface area contributed by atoms with Gasteiger partial charge in [0.15, 0.2) is 0 Å². The number of carbonyl (C=O) groups excluding carboxylic acids is 1. The summed E-state index contributed by atoms with van der Waals surface area (Å²) in [7, 11) is -3.60. The van der Waals surface area contributed by atoms with E-state index in [9.17, 15) is 23.3 Å². The molecule has 1 amide bonds. The minimum absolute atomic E-state index is 0.0547. The largest absolute Gasteiger partial charge is 0.379 e. The summed E-state index contributed by atoms with van der Waals surface area (Å²) in [5.74, 6) is -0.260. The first-order valence-corrected chi connectivity index (χ1v) is 10.5. The van der Waals surface area contributed by atoms with Gasteiger partial charge < -0.3 is 10.6 Å². The van der Waals surface area contributed by atoms with Gasteiger partial charge in [0, 0.05) is 31.6 Å². The van der Waals surface area contributed by atoms with E-state index in [4.69, 9.17) is 0 Å². The van der Waals surface area contributed by atoms with Crippen LogP contribution in [0.2, 0.25) is 0 Å². The Bertz CT molecular complexity index is 976. The number of hydrogen-bond donors (Lipinski definition) is 3. The number of sulfonamides is 1. The third kappa shape index (κ3) is 6.84. The lowest BCUT2D eigenvalue weighted by atomic mass is 10.2. The van der Waals surface area contributed by atoms with Gasteiger partial charge in [0.25, 0.3) is 5.69 Å². The molecule has 2 aromatic rings. The van der Waals surface area contributed by atoms with Crippen LogP contribution in [0.25, 0.3) is 0 Å². The fourth-order valence-electron chi connectivity index (χ4n) is 2.58. The Balaban J connectivity index is 1.87. The fourth-order valence-corrected chi connectivity index (χ4v) is 3.90. The van der Waals surface area contributed by atoms with Crippen molar-refractivity contribution in [3.63, 3.8) is 0 Å². The van der Waals surface area contributed by atoms with Crippen LogP contribution in [-0.4, -0.2) is 31.8 Å². The molecule has 0 bridgehead atoms. The molecular weight excluding hydrogens is 396 g/mol. The molecule has 29 heavy (non-hydrogen) atoms. The summed E-state index contributed by atoms with van der Waals surface area (Å²) in [5, 5.41) is 16.6. The second kappa shape index (κ2) is 9.99. The summed E-state index contributed by atoms with van der Waals surface area (Å²) in [4.78, 5) is 22.7. The van der Waals surface area contributed by atoms with Gasteiger partial charge in [0.2, 0.25) is 15.9 Å². The second-order valence-electron chi connectivity index (χ2n) is 6.65. The Morgan fingerprint density at radius 3 is 2.55 bits per heavy atom. The van der Waals surface area contributed by atoms with Crippen molar-refractivity contribution in [1.82, 2.24) is 10.0 Å². The van der Waals surface area contributed by atoms with E-state index in [0.29, 0.717) is 11.3 Å². The normalized spacial score (nSPS) is 11.3. The van der Waals surface area contributed by atoms with E-state index in [-0.39, 0.29) is 42.0 Å². The van der Waals surface area contributed by atoms with E-state index >= 15 is 0 Å². The molecule has 0 aliphatic heterocycles. The highest BCUT2D eigenvalue weighted by Crippen LogP contribution is 2.22. The monoisotopic (exact) mass is 420 g/mol. The number of amides is 1. The van der Waals surface area contributed by atoms with E-state index in [1.807, 2.05) is 0 Å². The third-order valence-corrected chi connectivity index (χ3v) is 5.51. The fraction of sp³-hybridized carbons (Fsp3) is 0.316. The van der Waals surface area contributed by atoms with Crippen molar-refractivity contribution < 1.29 is 18.1 Å². The molecule has 0 aliphatic carbocycles. The topological polar surface area (TPSA) is 130 Å². The number of rotatable bonds is 10. The number of benzene rings is 2. The van der Waals surface area contributed by atoms with Gasteiger partial charge in [-0.05, 0) is 37.6 Å². The third-order valence-electron chi connectivity index (χ3n) is 3.86. The molecule has 0 atom stereocenters. The zero-order chi connectivity index (χ0) is 21.4. The number of nitrogens with zero attached hydrogens (tertiary/aromatic N) is 1. The summed E-state index contributed by atoms with van der Waals surface area (Å²) in [6.07, 6.45) is 0.110. The van der Waals surface area contributed by atoms with Crippen molar-refractivity contribution >= 4 is 27.3 Å². The van der Waals surface area contributed by atoms with Crippen molar-refractivity contribution in [3.05, 3.63) is 64.2 Å². The average molecular weight is 420 g/mol. The number of anilines is 1. The van der Waals surface area contributed by atoms with Crippen molar-refractivity contribution in [3.8, 4) is 0 Å². The molecule has 2 aromatic carbocycles. The smallest absolute Gasteiger partial charge is 0.292 e. The van der Waals surface area contributed by atoms with Crippen LogP contribution in [0, 0.1) is 10.1 Å². The van der Waals surface area contributed by atoms with E-state index < -0.39 is 14.9 Å². The number of hydrogen-bond acceptors (Lipinski definition) is 6. The van der Waals surface area contributed by atoms with Crippen LogP contribution in [0.3, 0.4) is 0 Å². The van der Waals surface area contributed by atoms with Crippen LogP contribution in [0.5, 0.6) is 0 Å². The van der Waals surface area contributed by atoms with E-state index in [1.165, 1.54) is 18.2 Å². The first kappa shape index (κ1) is 22.3. The molecule has 0 heterocycles. The maximum Gasteiger partial charge on any atom is 0.292 e. The zero-order valence-corrected chi connectivity index (χ0v) is 17.0. The Morgan fingerprint density at radius 2 is 1.86 bits per heavy atom. The highest BCUT2D eigenvalue weighted by molar-refractivity contribution is 7.89. The molecule has 3 N–H and O–H groups in total. The highest BCUT2D eigenvalue weighted by Gasteiger charge is 2.16. The lowest BCUT2D eigenvalue weighted by Crippen LogP contribution is -2.30. The molecule has 10 heteroatoms. The van der Waals surface area contributed by atoms with Gasteiger partial charge in [-0.3, -0.25) is 14.9 Å². The molecule has 156 valence electrons. The van der Waals surface area contributed by atoms with Crippen LogP contribution in [0.4, 0.5) is 11.4 Å². The van der Waals surface area contributed by atoms with E-state index in [1.54, 1.807) is 44.2 Å². The number of nitro groups is 1. The van der Waals surface area contributed by atoms with Gasteiger partial charge in [0.1, 0.15) is 5.69 Å². The van der Waals surface area contributed by atoms with Crippen LogP contribution in [0.1, 0.15) is 25.8 Å². The van der Waals surface area contributed by atoms with Gasteiger partial charge in [-0.25, -0.2) is 13.1 Å². The molecule has 2 rings (SSSR count). The first-order chi connectivity index (χ1) is 13.7. The van der Waals surface area contributed by atoms with Crippen LogP contribution >= 0.6 is 0 Å². The Hall–Kier alpha value is -2.98. The maximum absolute atomic E-state index is 12.2. The molecule has 0 radical (unpaired) electrons. The summed E-state index contributed by atoms with van der Waals surface area (Å²) in [6.45, 7) is 3.87. The number of nitrogens with one attached hydrogen (secondary N) is 3. The zero-order valence-electron chi connectivity index (χ0n) is 16.2. The van der Waals surface area contributed by atoms with Gasteiger partial charge in [0.05, 0.1) is 9.82 Å². The first-order valence-electron chi connectivity index (χ1n) is 9.04.